The van der Waals surface area contributed by atoms with Crippen molar-refractivity contribution in [3.63, 3.8) is 0 Å². The summed E-state index contributed by atoms with van der Waals surface area (Å²) in [6, 6.07) is 5.09. The first kappa shape index (κ1) is 12.0. The summed E-state index contributed by atoms with van der Waals surface area (Å²) in [5.74, 6) is -0.548. The number of likely N-dealkylation sites (tertiary alicyclic amines) is 1. The van der Waals surface area contributed by atoms with Crippen LogP contribution in [0.1, 0.15) is 30.4 Å². The van der Waals surface area contributed by atoms with Gasteiger partial charge in [0.2, 0.25) is 0 Å². The number of benzene rings is 1. The molecule has 2 rings (SSSR count). The van der Waals surface area contributed by atoms with Gasteiger partial charge in [0.25, 0.3) is 0 Å². The molecule has 92 valence electrons. The zero-order valence-corrected chi connectivity index (χ0v) is 9.88. The molecule has 1 saturated heterocycles. The molecule has 3 nitrogen and oxygen atoms in total. The highest BCUT2D eigenvalue weighted by atomic mass is 19.1. The van der Waals surface area contributed by atoms with Gasteiger partial charge in [-0.05, 0) is 32.0 Å². The van der Waals surface area contributed by atoms with E-state index in [9.17, 15) is 4.39 Å². The minimum Gasteiger partial charge on any atom is -0.384 e. The Morgan fingerprint density at radius 1 is 1.29 bits per heavy atom. The second kappa shape index (κ2) is 5.27. The first-order valence-electron chi connectivity index (χ1n) is 6.02. The lowest BCUT2D eigenvalue weighted by Gasteiger charge is -2.26. The Morgan fingerprint density at radius 2 is 2.00 bits per heavy atom. The molecular weight excluding hydrogens is 217 g/mol. The molecule has 0 bridgehead atoms. The predicted molar refractivity (Wildman–Crippen MR) is 66.5 cm³/mol. The highest BCUT2D eigenvalue weighted by Crippen LogP contribution is 2.17. The Morgan fingerprint density at radius 3 is 2.65 bits per heavy atom. The summed E-state index contributed by atoms with van der Waals surface area (Å²) >= 11 is 0. The lowest BCUT2D eigenvalue weighted by atomic mass is 10.1. The van der Waals surface area contributed by atoms with Gasteiger partial charge in [-0.15, -0.1) is 0 Å². The highest BCUT2D eigenvalue weighted by molar-refractivity contribution is 5.95. The van der Waals surface area contributed by atoms with Crippen LogP contribution in [0.4, 0.5) is 4.39 Å². The molecule has 0 amide bonds. The van der Waals surface area contributed by atoms with Gasteiger partial charge in [0.1, 0.15) is 11.7 Å². The molecule has 17 heavy (non-hydrogen) atoms. The van der Waals surface area contributed by atoms with Crippen molar-refractivity contribution in [2.75, 3.05) is 13.1 Å². The van der Waals surface area contributed by atoms with Crippen LogP contribution in [0, 0.1) is 11.2 Å². The molecule has 1 aromatic carbocycles. The lowest BCUT2D eigenvalue weighted by Crippen LogP contribution is -2.29. The molecule has 0 unspecified atom stereocenters. The van der Waals surface area contributed by atoms with Crippen molar-refractivity contribution in [1.29, 1.82) is 5.41 Å². The summed E-state index contributed by atoms with van der Waals surface area (Å²) in [5.41, 5.74) is 6.19. The summed E-state index contributed by atoms with van der Waals surface area (Å²) in [5, 5.41) is 7.32. The molecule has 0 aliphatic carbocycles. The van der Waals surface area contributed by atoms with Crippen molar-refractivity contribution in [3.05, 3.63) is 35.1 Å². The standard InChI is InChI=1S/C13H18FN3/c14-12-10(5-4-6-11(12)13(15)16)9-17-7-2-1-3-8-17/h4-6H,1-3,7-9H2,(H3,15,16). The smallest absolute Gasteiger partial charge is 0.138 e. The fourth-order valence-electron chi connectivity index (χ4n) is 2.27. The van der Waals surface area contributed by atoms with Crippen molar-refractivity contribution >= 4 is 5.84 Å². The number of nitrogens with zero attached hydrogens (tertiary/aromatic N) is 1. The van der Waals surface area contributed by atoms with Gasteiger partial charge < -0.3 is 5.73 Å². The van der Waals surface area contributed by atoms with Crippen LogP contribution >= 0.6 is 0 Å². The van der Waals surface area contributed by atoms with Gasteiger partial charge in [0.05, 0.1) is 5.56 Å². The van der Waals surface area contributed by atoms with Crippen molar-refractivity contribution in [3.8, 4) is 0 Å². The molecule has 1 fully saturated rings. The van der Waals surface area contributed by atoms with Gasteiger partial charge in [-0.25, -0.2) is 4.39 Å². The van der Waals surface area contributed by atoms with E-state index in [1.54, 1.807) is 18.2 Å². The number of hydrogen-bond acceptors (Lipinski definition) is 2. The highest BCUT2D eigenvalue weighted by Gasteiger charge is 2.15. The fraction of sp³-hybridized carbons (Fsp3) is 0.462. The molecule has 0 aromatic heterocycles. The van der Waals surface area contributed by atoms with Crippen LogP contribution in [0.3, 0.4) is 0 Å². The Hall–Kier alpha value is -1.42. The van der Waals surface area contributed by atoms with Crippen molar-refractivity contribution in [1.82, 2.24) is 4.90 Å². The van der Waals surface area contributed by atoms with E-state index in [2.05, 4.69) is 4.90 Å². The average molecular weight is 235 g/mol. The first-order chi connectivity index (χ1) is 8.18. The number of piperidine rings is 1. The summed E-state index contributed by atoms with van der Waals surface area (Å²) in [4.78, 5) is 2.26. The monoisotopic (exact) mass is 235 g/mol. The van der Waals surface area contributed by atoms with Crippen LogP contribution in [0.25, 0.3) is 0 Å². The first-order valence-corrected chi connectivity index (χ1v) is 6.02. The quantitative estimate of drug-likeness (QED) is 0.622. The van der Waals surface area contributed by atoms with E-state index in [0.717, 1.165) is 13.1 Å². The molecule has 0 saturated carbocycles. The summed E-state index contributed by atoms with van der Waals surface area (Å²) in [6.07, 6.45) is 3.65. The number of rotatable bonds is 3. The van der Waals surface area contributed by atoms with Gasteiger partial charge in [-0.1, -0.05) is 18.6 Å². The van der Waals surface area contributed by atoms with E-state index in [0.29, 0.717) is 12.1 Å². The molecule has 1 aliphatic heterocycles. The third-order valence-electron chi connectivity index (χ3n) is 3.21. The van der Waals surface area contributed by atoms with Crippen LogP contribution in [-0.4, -0.2) is 23.8 Å². The molecule has 0 spiro atoms. The lowest BCUT2D eigenvalue weighted by molar-refractivity contribution is 0.218. The van der Waals surface area contributed by atoms with E-state index in [-0.39, 0.29) is 17.2 Å². The Labute approximate surface area is 101 Å². The van der Waals surface area contributed by atoms with Crippen molar-refractivity contribution < 1.29 is 4.39 Å². The van der Waals surface area contributed by atoms with E-state index >= 15 is 0 Å². The molecule has 0 radical (unpaired) electrons. The number of nitrogen functional groups attached to an aromatic ring is 1. The van der Waals surface area contributed by atoms with Gasteiger partial charge in [0.15, 0.2) is 0 Å². The number of halogens is 1. The zero-order valence-electron chi connectivity index (χ0n) is 9.88. The fourth-order valence-corrected chi connectivity index (χ4v) is 2.27. The molecule has 1 aliphatic rings. The maximum absolute atomic E-state index is 14.0. The van der Waals surface area contributed by atoms with Crippen LogP contribution < -0.4 is 5.73 Å². The van der Waals surface area contributed by atoms with Gasteiger partial charge >= 0.3 is 0 Å². The normalized spacial score (nSPS) is 17.0. The maximum Gasteiger partial charge on any atom is 0.138 e. The molecular formula is C13H18FN3. The molecule has 1 heterocycles. The largest absolute Gasteiger partial charge is 0.384 e. The van der Waals surface area contributed by atoms with Crippen LogP contribution in [-0.2, 0) is 6.54 Å². The third kappa shape index (κ3) is 2.82. The Bertz CT molecular complexity index is 411. The van der Waals surface area contributed by atoms with E-state index < -0.39 is 0 Å². The summed E-state index contributed by atoms with van der Waals surface area (Å²) in [6.45, 7) is 2.68. The third-order valence-corrected chi connectivity index (χ3v) is 3.21. The summed E-state index contributed by atoms with van der Waals surface area (Å²) in [7, 11) is 0. The van der Waals surface area contributed by atoms with Crippen molar-refractivity contribution in [2.24, 2.45) is 5.73 Å². The topological polar surface area (TPSA) is 53.1 Å². The van der Waals surface area contributed by atoms with Gasteiger partial charge in [-0.3, -0.25) is 10.3 Å². The van der Waals surface area contributed by atoms with Gasteiger partial charge in [0, 0.05) is 12.1 Å². The number of hydrogen-bond donors (Lipinski definition) is 2. The molecule has 0 atom stereocenters. The minimum atomic E-state index is -0.342. The van der Waals surface area contributed by atoms with Crippen LogP contribution in [0.2, 0.25) is 0 Å². The van der Waals surface area contributed by atoms with Crippen LogP contribution in [0.15, 0.2) is 18.2 Å². The Kier molecular flexibility index (Phi) is 3.74. The zero-order chi connectivity index (χ0) is 12.3. The SMILES string of the molecule is N=C(N)c1cccc(CN2CCCCC2)c1F. The van der Waals surface area contributed by atoms with E-state index in [4.69, 9.17) is 11.1 Å². The van der Waals surface area contributed by atoms with E-state index in [1.165, 1.54) is 19.3 Å². The predicted octanol–water partition coefficient (Wildman–Crippen LogP) is 2.10. The second-order valence-corrected chi connectivity index (χ2v) is 4.53. The Balaban J connectivity index is 2.15. The molecule has 1 aromatic rings. The summed E-state index contributed by atoms with van der Waals surface area (Å²) < 4.78 is 14.0. The number of nitrogens with one attached hydrogen (secondary N) is 1. The molecule has 3 N–H and O–H groups in total. The minimum absolute atomic E-state index is 0.206. The number of nitrogens with two attached hydrogens (primary N) is 1. The van der Waals surface area contributed by atoms with Crippen LogP contribution in [0.5, 0.6) is 0 Å². The average Bonchev–Trinajstić information content (AvgIpc) is 2.33. The van der Waals surface area contributed by atoms with Gasteiger partial charge in [-0.2, -0.15) is 0 Å². The number of amidine groups is 1. The second-order valence-electron chi connectivity index (χ2n) is 4.53. The maximum atomic E-state index is 14.0. The van der Waals surface area contributed by atoms with E-state index in [1.807, 2.05) is 0 Å². The van der Waals surface area contributed by atoms with Crippen molar-refractivity contribution in [2.45, 2.75) is 25.8 Å². The molecule has 4 heteroatoms.